The molecule has 0 spiro atoms. The Kier molecular flexibility index (Phi) is 6.18. The van der Waals surface area contributed by atoms with E-state index >= 15 is 0 Å². The number of carbonyl (C=O) groups excluding carboxylic acids is 1. The number of hydrogen-bond acceptors (Lipinski definition) is 4. The number of carbonyl (C=O) groups is 1. The Morgan fingerprint density at radius 2 is 1.95 bits per heavy atom. The summed E-state index contributed by atoms with van der Waals surface area (Å²) in [5, 5.41) is 3.20. The van der Waals surface area contributed by atoms with E-state index in [1.807, 2.05) is 11.8 Å². The van der Waals surface area contributed by atoms with E-state index in [9.17, 15) is 4.79 Å². The highest BCUT2D eigenvalue weighted by atomic mass is 32.2. The van der Waals surface area contributed by atoms with Gasteiger partial charge in [0.25, 0.3) is 0 Å². The van der Waals surface area contributed by atoms with Crippen LogP contribution in [0.5, 0.6) is 0 Å². The van der Waals surface area contributed by atoms with Gasteiger partial charge in [0.1, 0.15) is 0 Å². The van der Waals surface area contributed by atoms with Gasteiger partial charge in [-0.05, 0) is 31.9 Å². The molecular formula is C15H29N3OS. The second-order valence-corrected chi connectivity index (χ2v) is 7.54. The predicted molar refractivity (Wildman–Crippen MR) is 86.0 cm³/mol. The minimum atomic E-state index is 0.210. The van der Waals surface area contributed by atoms with Crippen LogP contribution in [-0.2, 0) is 4.79 Å². The van der Waals surface area contributed by atoms with Gasteiger partial charge in [0, 0.05) is 30.4 Å². The molecule has 2 fully saturated rings. The molecule has 1 aliphatic carbocycles. The lowest BCUT2D eigenvalue weighted by molar-refractivity contribution is -0.123. The van der Waals surface area contributed by atoms with Crippen LogP contribution in [0.15, 0.2) is 0 Å². The molecule has 116 valence electrons. The first kappa shape index (κ1) is 16.1. The maximum atomic E-state index is 12.1. The zero-order valence-corrected chi connectivity index (χ0v) is 13.5. The summed E-state index contributed by atoms with van der Waals surface area (Å²) in [5.41, 5.74) is 5.90. The number of nitrogens with zero attached hydrogens (tertiary/aromatic N) is 1. The van der Waals surface area contributed by atoms with Crippen LogP contribution < -0.4 is 11.1 Å². The summed E-state index contributed by atoms with van der Waals surface area (Å²) >= 11 is 1.89. The summed E-state index contributed by atoms with van der Waals surface area (Å²) in [4.78, 5) is 14.4. The molecule has 1 amide bonds. The molecule has 0 aromatic heterocycles. The number of likely N-dealkylation sites (tertiary alicyclic amines) is 1. The number of hydrogen-bond donors (Lipinski definition) is 2. The van der Waals surface area contributed by atoms with Crippen LogP contribution in [0, 0.1) is 0 Å². The van der Waals surface area contributed by atoms with Crippen LogP contribution in [0.2, 0.25) is 0 Å². The van der Waals surface area contributed by atoms with Gasteiger partial charge in [-0.15, -0.1) is 0 Å². The van der Waals surface area contributed by atoms with Gasteiger partial charge in [-0.1, -0.05) is 19.3 Å². The average Bonchev–Trinajstić information content (AvgIpc) is 2.49. The lowest BCUT2D eigenvalue weighted by Crippen LogP contribution is -2.50. The van der Waals surface area contributed by atoms with Crippen LogP contribution >= 0.6 is 11.8 Å². The molecule has 0 unspecified atom stereocenters. The van der Waals surface area contributed by atoms with Crippen molar-refractivity contribution < 1.29 is 4.79 Å². The van der Waals surface area contributed by atoms with E-state index in [1.54, 1.807) is 0 Å². The summed E-state index contributed by atoms with van der Waals surface area (Å²) < 4.78 is 0.246. The summed E-state index contributed by atoms with van der Waals surface area (Å²) in [6.07, 6.45) is 10.5. The van der Waals surface area contributed by atoms with Crippen LogP contribution in [0.4, 0.5) is 0 Å². The number of thioether (sulfide) groups is 1. The topological polar surface area (TPSA) is 58.4 Å². The fourth-order valence-electron chi connectivity index (χ4n) is 3.33. The molecule has 1 heterocycles. The summed E-state index contributed by atoms with van der Waals surface area (Å²) in [6.45, 7) is 3.30. The first-order valence-corrected chi connectivity index (χ1v) is 9.17. The third-order valence-electron chi connectivity index (χ3n) is 4.91. The standard InChI is InChI=1S/C15H29N3OS/c1-20-15(12-16)7-9-18(10-8-15)11-14(19)17-13-5-3-2-4-6-13/h13H,2-12,16H2,1H3,(H,17,19). The van der Waals surface area contributed by atoms with Gasteiger partial charge < -0.3 is 11.1 Å². The monoisotopic (exact) mass is 299 g/mol. The molecule has 1 saturated heterocycles. The van der Waals surface area contributed by atoms with Crippen molar-refractivity contribution in [1.82, 2.24) is 10.2 Å². The van der Waals surface area contributed by atoms with Crippen LogP contribution in [-0.4, -0.2) is 54.0 Å². The molecule has 2 rings (SSSR count). The van der Waals surface area contributed by atoms with Crippen LogP contribution in [0.25, 0.3) is 0 Å². The minimum absolute atomic E-state index is 0.210. The van der Waals surface area contributed by atoms with Gasteiger partial charge in [0.2, 0.25) is 5.91 Å². The molecular weight excluding hydrogens is 270 g/mol. The highest BCUT2D eigenvalue weighted by molar-refractivity contribution is 8.00. The largest absolute Gasteiger partial charge is 0.352 e. The Bertz CT molecular complexity index is 304. The van der Waals surface area contributed by atoms with Crippen LogP contribution in [0.1, 0.15) is 44.9 Å². The SMILES string of the molecule is CSC1(CN)CCN(CC(=O)NC2CCCCC2)CC1. The molecule has 0 aromatic rings. The molecule has 20 heavy (non-hydrogen) atoms. The summed E-state index contributed by atoms with van der Waals surface area (Å²) in [5.74, 6) is 0.210. The molecule has 5 heteroatoms. The predicted octanol–water partition coefficient (Wildman–Crippen LogP) is 1.59. The molecule has 4 nitrogen and oxygen atoms in total. The third-order valence-corrected chi connectivity index (χ3v) is 6.35. The van der Waals surface area contributed by atoms with Gasteiger partial charge in [0.05, 0.1) is 6.54 Å². The molecule has 0 atom stereocenters. The van der Waals surface area contributed by atoms with Crippen molar-refractivity contribution >= 4 is 17.7 Å². The van der Waals surface area contributed by atoms with Gasteiger partial charge in [0.15, 0.2) is 0 Å². The Hall–Kier alpha value is -0.260. The maximum absolute atomic E-state index is 12.1. The van der Waals surface area contributed by atoms with E-state index in [4.69, 9.17) is 5.73 Å². The Balaban J connectivity index is 1.70. The van der Waals surface area contributed by atoms with Crippen LogP contribution in [0.3, 0.4) is 0 Å². The Morgan fingerprint density at radius 3 is 2.50 bits per heavy atom. The smallest absolute Gasteiger partial charge is 0.234 e. The van der Waals surface area contributed by atoms with E-state index in [0.717, 1.165) is 45.3 Å². The normalized spacial score (nSPS) is 24.5. The molecule has 1 saturated carbocycles. The zero-order chi connectivity index (χ0) is 14.4. The average molecular weight is 299 g/mol. The fraction of sp³-hybridized carbons (Fsp3) is 0.933. The Labute approximate surface area is 127 Å². The second-order valence-electron chi connectivity index (χ2n) is 6.27. The van der Waals surface area contributed by atoms with Gasteiger partial charge in [-0.25, -0.2) is 0 Å². The number of amides is 1. The van der Waals surface area contributed by atoms with E-state index in [2.05, 4.69) is 16.5 Å². The summed E-state index contributed by atoms with van der Waals surface area (Å²) in [6, 6.07) is 0.426. The number of nitrogens with one attached hydrogen (secondary N) is 1. The van der Waals surface area contributed by atoms with Crippen molar-refractivity contribution in [2.75, 3.05) is 32.4 Å². The number of rotatable bonds is 5. The minimum Gasteiger partial charge on any atom is -0.352 e. The highest BCUT2D eigenvalue weighted by Gasteiger charge is 2.33. The maximum Gasteiger partial charge on any atom is 0.234 e. The third kappa shape index (κ3) is 4.37. The van der Waals surface area contributed by atoms with Gasteiger partial charge in [-0.2, -0.15) is 11.8 Å². The van der Waals surface area contributed by atoms with Crippen molar-refractivity contribution in [3.05, 3.63) is 0 Å². The number of nitrogens with two attached hydrogens (primary N) is 1. The van der Waals surface area contributed by atoms with Crippen molar-refractivity contribution in [3.8, 4) is 0 Å². The van der Waals surface area contributed by atoms with Gasteiger partial charge in [-0.3, -0.25) is 9.69 Å². The lowest BCUT2D eigenvalue weighted by atomic mass is 9.95. The van der Waals surface area contributed by atoms with Crippen molar-refractivity contribution in [2.24, 2.45) is 5.73 Å². The highest BCUT2D eigenvalue weighted by Crippen LogP contribution is 2.33. The van der Waals surface area contributed by atoms with E-state index in [1.165, 1.54) is 19.3 Å². The lowest BCUT2D eigenvalue weighted by Gasteiger charge is -2.40. The van der Waals surface area contributed by atoms with Crippen molar-refractivity contribution in [2.45, 2.75) is 55.7 Å². The van der Waals surface area contributed by atoms with E-state index < -0.39 is 0 Å². The van der Waals surface area contributed by atoms with Crippen molar-refractivity contribution in [3.63, 3.8) is 0 Å². The quantitative estimate of drug-likeness (QED) is 0.809. The van der Waals surface area contributed by atoms with E-state index in [-0.39, 0.29) is 10.7 Å². The Morgan fingerprint density at radius 1 is 1.30 bits per heavy atom. The molecule has 0 bridgehead atoms. The molecule has 0 radical (unpaired) electrons. The fourth-order valence-corrected chi connectivity index (χ4v) is 4.09. The first-order valence-electron chi connectivity index (χ1n) is 7.94. The molecule has 0 aromatic carbocycles. The first-order chi connectivity index (χ1) is 9.67. The molecule has 1 aliphatic heterocycles. The summed E-state index contributed by atoms with van der Waals surface area (Å²) in [7, 11) is 0. The molecule has 3 N–H and O–H groups in total. The van der Waals surface area contributed by atoms with Crippen molar-refractivity contribution in [1.29, 1.82) is 0 Å². The second kappa shape index (κ2) is 7.66. The number of piperidine rings is 1. The van der Waals surface area contributed by atoms with E-state index in [0.29, 0.717) is 12.6 Å². The zero-order valence-electron chi connectivity index (χ0n) is 12.7. The molecule has 2 aliphatic rings. The van der Waals surface area contributed by atoms with Gasteiger partial charge >= 0.3 is 0 Å².